The first kappa shape index (κ1) is 30.0. The number of amides is 1. The van der Waals surface area contributed by atoms with Crippen LogP contribution in [0.5, 0.6) is 0 Å². The van der Waals surface area contributed by atoms with Gasteiger partial charge in [0.05, 0.1) is 11.7 Å². The first-order valence-electron chi connectivity index (χ1n) is 14.4. The van der Waals surface area contributed by atoms with Gasteiger partial charge in [-0.3, -0.25) is 9.59 Å². The Morgan fingerprint density at radius 2 is 1.74 bits per heavy atom. The van der Waals surface area contributed by atoms with Crippen molar-refractivity contribution in [1.29, 1.82) is 0 Å². The maximum absolute atomic E-state index is 14.0. The molecule has 220 valence electrons. The van der Waals surface area contributed by atoms with Crippen molar-refractivity contribution in [3.05, 3.63) is 12.7 Å². The van der Waals surface area contributed by atoms with Crippen molar-refractivity contribution in [2.75, 3.05) is 6.54 Å². The molecule has 3 N–H and O–H groups in total. The Morgan fingerprint density at radius 3 is 2.33 bits per heavy atom. The highest BCUT2D eigenvalue weighted by Gasteiger charge is 2.82. The molecule has 4 fully saturated rings. The fourth-order valence-electron chi connectivity index (χ4n) is 8.53. The van der Waals surface area contributed by atoms with E-state index in [0.717, 1.165) is 25.7 Å². The molecular formula is C30H47NO8. The van der Waals surface area contributed by atoms with Gasteiger partial charge in [-0.15, -0.1) is 6.58 Å². The van der Waals surface area contributed by atoms with Gasteiger partial charge in [-0.2, -0.15) is 0 Å². The first-order valence-corrected chi connectivity index (χ1v) is 14.4. The van der Waals surface area contributed by atoms with Gasteiger partial charge in [0.25, 0.3) is 0 Å². The van der Waals surface area contributed by atoms with Crippen molar-refractivity contribution in [1.82, 2.24) is 5.32 Å². The third kappa shape index (κ3) is 4.62. The molecule has 0 bridgehead atoms. The van der Waals surface area contributed by atoms with Crippen molar-refractivity contribution >= 4 is 17.8 Å². The number of fused-ring (bicyclic) bond motifs is 3. The first-order chi connectivity index (χ1) is 18.1. The lowest BCUT2D eigenvalue weighted by atomic mass is 9.39. The van der Waals surface area contributed by atoms with Gasteiger partial charge in [0, 0.05) is 31.2 Å². The molecule has 3 aliphatic carbocycles. The second-order valence-corrected chi connectivity index (χ2v) is 13.6. The number of carbonyl (C=O) groups excluding carboxylic acids is 3. The van der Waals surface area contributed by atoms with Crippen LogP contribution in [0.3, 0.4) is 0 Å². The number of ether oxygens (including phenoxy) is 3. The Hall–Kier alpha value is -1.97. The van der Waals surface area contributed by atoms with Crippen LogP contribution in [0, 0.1) is 22.7 Å². The minimum atomic E-state index is -2.25. The van der Waals surface area contributed by atoms with Crippen LogP contribution < -0.4 is 5.32 Å². The molecule has 1 aliphatic heterocycles. The Bertz CT molecular complexity index is 1010. The SMILES string of the molecule is C=C[C@@]1(C)CC(=O)[C@]2(O)[C@@]3(C)[C@@H](O)CCC(C)(C)[C@@H]3[C@H](OC(=O)NCC3CCCCC3)[C@H](OC(C)=O)[C@@]2(C)O1. The lowest BCUT2D eigenvalue weighted by Crippen LogP contribution is -2.87. The number of ketones is 1. The van der Waals surface area contributed by atoms with Gasteiger partial charge in [0.1, 0.15) is 11.7 Å². The normalized spacial score (nSPS) is 43.9. The van der Waals surface area contributed by atoms with E-state index in [0.29, 0.717) is 25.3 Å². The summed E-state index contributed by atoms with van der Waals surface area (Å²) in [4.78, 5) is 39.9. The zero-order valence-electron chi connectivity index (χ0n) is 24.4. The molecule has 0 radical (unpaired) electrons. The average molecular weight is 550 g/mol. The van der Waals surface area contributed by atoms with Crippen LogP contribution in [0.25, 0.3) is 0 Å². The van der Waals surface area contributed by atoms with Crippen molar-refractivity contribution in [2.45, 2.75) is 128 Å². The molecule has 9 nitrogen and oxygen atoms in total. The summed E-state index contributed by atoms with van der Waals surface area (Å²) in [6.45, 7) is 14.3. The highest BCUT2D eigenvalue weighted by Crippen LogP contribution is 2.67. The molecule has 0 aromatic rings. The van der Waals surface area contributed by atoms with E-state index >= 15 is 0 Å². The number of nitrogens with one attached hydrogen (secondary N) is 1. The minimum Gasteiger partial charge on any atom is -0.455 e. The molecule has 0 spiro atoms. The minimum absolute atomic E-state index is 0.168. The molecule has 0 unspecified atom stereocenters. The monoisotopic (exact) mass is 549 g/mol. The van der Waals surface area contributed by atoms with Gasteiger partial charge in [-0.1, -0.05) is 46.1 Å². The third-order valence-electron chi connectivity index (χ3n) is 10.5. The van der Waals surface area contributed by atoms with Crippen molar-refractivity contribution in [3.63, 3.8) is 0 Å². The summed E-state index contributed by atoms with van der Waals surface area (Å²) in [7, 11) is 0. The topological polar surface area (TPSA) is 131 Å². The van der Waals surface area contributed by atoms with Crippen LogP contribution in [0.1, 0.15) is 92.9 Å². The van der Waals surface area contributed by atoms with E-state index in [2.05, 4.69) is 11.9 Å². The number of aliphatic hydroxyl groups is 2. The predicted octanol–water partition coefficient (Wildman–Crippen LogP) is 3.83. The van der Waals surface area contributed by atoms with Gasteiger partial charge in [-0.25, -0.2) is 4.79 Å². The van der Waals surface area contributed by atoms with E-state index in [4.69, 9.17) is 14.2 Å². The van der Waals surface area contributed by atoms with Crippen LogP contribution in [0.2, 0.25) is 0 Å². The summed E-state index contributed by atoms with van der Waals surface area (Å²) < 4.78 is 18.5. The number of rotatable bonds is 5. The quantitative estimate of drug-likeness (QED) is 0.348. The number of Topliss-reactive ketones (excluding diaryl/α,β-unsaturated/α-hetero) is 1. The van der Waals surface area contributed by atoms with Crippen LogP contribution in [0.15, 0.2) is 12.7 Å². The number of carbonyl (C=O) groups is 3. The summed E-state index contributed by atoms with van der Waals surface area (Å²) in [5.74, 6) is -1.56. The summed E-state index contributed by atoms with van der Waals surface area (Å²) in [5.41, 5.74) is -7.36. The zero-order chi connectivity index (χ0) is 29.0. The van der Waals surface area contributed by atoms with E-state index < -0.39 is 69.7 Å². The highest BCUT2D eigenvalue weighted by molar-refractivity contribution is 5.92. The molecule has 1 saturated heterocycles. The van der Waals surface area contributed by atoms with Crippen molar-refractivity contribution < 1.29 is 38.8 Å². The maximum Gasteiger partial charge on any atom is 0.407 e. The van der Waals surface area contributed by atoms with Crippen molar-refractivity contribution in [3.8, 4) is 0 Å². The largest absolute Gasteiger partial charge is 0.455 e. The van der Waals surface area contributed by atoms with Crippen molar-refractivity contribution in [2.24, 2.45) is 22.7 Å². The Morgan fingerprint density at radius 1 is 1.10 bits per heavy atom. The molecular weight excluding hydrogens is 502 g/mol. The molecule has 8 atom stereocenters. The summed E-state index contributed by atoms with van der Waals surface area (Å²) in [6.07, 6.45) is 3.56. The fraction of sp³-hybridized carbons (Fsp3) is 0.833. The molecule has 0 aromatic carbocycles. The Labute approximate surface area is 232 Å². The second-order valence-electron chi connectivity index (χ2n) is 13.6. The highest BCUT2D eigenvalue weighted by atomic mass is 16.6. The smallest absolute Gasteiger partial charge is 0.407 e. The molecule has 1 amide bonds. The molecule has 1 heterocycles. The molecule has 4 aliphatic rings. The summed E-state index contributed by atoms with van der Waals surface area (Å²) >= 11 is 0. The van der Waals surface area contributed by atoms with E-state index in [9.17, 15) is 24.6 Å². The van der Waals surface area contributed by atoms with Crippen LogP contribution in [-0.4, -0.2) is 69.7 Å². The number of esters is 1. The molecule has 0 aromatic heterocycles. The lowest BCUT2D eigenvalue weighted by molar-refractivity contribution is -0.369. The summed E-state index contributed by atoms with van der Waals surface area (Å²) in [6, 6.07) is 0. The number of hydrogen-bond acceptors (Lipinski definition) is 8. The van der Waals surface area contributed by atoms with Crippen LogP contribution in [0.4, 0.5) is 4.79 Å². The van der Waals surface area contributed by atoms with Gasteiger partial charge >= 0.3 is 12.1 Å². The van der Waals surface area contributed by atoms with E-state index in [1.165, 1.54) is 26.3 Å². The van der Waals surface area contributed by atoms with Crippen LogP contribution >= 0.6 is 0 Å². The van der Waals surface area contributed by atoms with Gasteiger partial charge in [-0.05, 0) is 50.9 Å². The maximum atomic E-state index is 14.0. The number of aliphatic hydroxyl groups excluding tert-OH is 1. The predicted molar refractivity (Wildman–Crippen MR) is 144 cm³/mol. The molecule has 4 rings (SSSR count). The number of hydrogen-bond donors (Lipinski definition) is 3. The lowest BCUT2D eigenvalue weighted by Gasteiger charge is -2.71. The zero-order valence-corrected chi connectivity index (χ0v) is 24.4. The number of alkyl carbamates (subject to hydrolysis) is 1. The fourth-order valence-corrected chi connectivity index (χ4v) is 8.53. The van der Waals surface area contributed by atoms with E-state index in [1.807, 2.05) is 13.8 Å². The van der Waals surface area contributed by atoms with Gasteiger partial charge in [0.15, 0.2) is 17.5 Å². The van der Waals surface area contributed by atoms with Gasteiger partial charge < -0.3 is 29.7 Å². The molecule has 39 heavy (non-hydrogen) atoms. The van der Waals surface area contributed by atoms with E-state index in [-0.39, 0.29) is 6.42 Å². The summed E-state index contributed by atoms with van der Waals surface area (Å²) in [5, 5.41) is 27.1. The Balaban J connectivity index is 1.83. The molecule has 9 heteroatoms. The molecule has 3 saturated carbocycles. The second kappa shape index (κ2) is 10.1. The standard InChI is InChI=1S/C30H47NO8/c1-8-27(5)16-21(34)30(36)28(6)20(33)14-15-26(3,4)23(28)22(24(37-18(2)32)29(30,7)39-27)38-25(35)31-17-19-12-10-9-11-13-19/h8,19-20,22-24,33,36H,1,9-17H2,2-7H3,(H,31,35)/t20-,22-,23-,24-,27-,28-,29+,30-/m0/s1. The third-order valence-corrected chi connectivity index (χ3v) is 10.5. The van der Waals surface area contributed by atoms with Crippen LogP contribution in [-0.2, 0) is 23.8 Å². The average Bonchev–Trinajstić information content (AvgIpc) is 2.86. The van der Waals surface area contributed by atoms with E-state index in [1.54, 1.807) is 13.8 Å². The van der Waals surface area contributed by atoms with Gasteiger partial charge in [0.2, 0.25) is 0 Å². The Kier molecular flexibility index (Phi) is 7.80.